The summed E-state index contributed by atoms with van der Waals surface area (Å²) in [5.74, 6) is 0.402. The molecule has 1 N–H and O–H groups in total. The van der Waals surface area contributed by atoms with E-state index in [1.165, 1.54) is 0 Å². The molecule has 0 aromatic heterocycles. The third-order valence-electron chi connectivity index (χ3n) is 3.35. The standard InChI is InChI=1S/C12H24N2O.ClH/c1-9-8-14(7-6-13-9)11(15)10(2)12(3,4)5;/h9-10,13H,6-8H2,1-5H3;1H/t9-,10?;/m0./s1. The second-order valence-corrected chi connectivity index (χ2v) is 5.73. The Morgan fingerprint density at radius 1 is 1.44 bits per heavy atom. The molecule has 1 aliphatic rings. The van der Waals surface area contributed by atoms with Gasteiger partial charge in [0.05, 0.1) is 0 Å². The van der Waals surface area contributed by atoms with Crippen molar-refractivity contribution in [1.82, 2.24) is 10.2 Å². The zero-order valence-corrected chi connectivity index (χ0v) is 11.9. The number of carbonyl (C=O) groups excluding carboxylic acids is 1. The maximum absolute atomic E-state index is 12.2. The molecule has 2 atom stereocenters. The summed E-state index contributed by atoms with van der Waals surface area (Å²) in [6.45, 7) is 13.2. The fourth-order valence-electron chi connectivity index (χ4n) is 1.78. The number of rotatable bonds is 1. The van der Waals surface area contributed by atoms with Crippen molar-refractivity contribution in [3.05, 3.63) is 0 Å². The predicted molar refractivity (Wildman–Crippen MR) is 69.9 cm³/mol. The molecule has 1 fully saturated rings. The molecule has 0 radical (unpaired) electrons. The number of nitrogens with one attached hydrogen (secondary N) is 1. The highest BCUT2D eigenvalue weighted by molar-refractivity contribution is 5.85. The molecule has 0 aromatic rings. The van der Waals surface area contributed by atoms with E-state index in [9.17, 15) is 4.79 Å². The smallest absolute Gasteiger partial charge is 0.226 e. The van der Waals surface area contributed by atoms with E-state index < -0.39 is 0 Å². The van der Waals surface area contributed by atoms with Crippen LogP contribution in [0.5, 0.6) is 0 Å². The number of hydrogen-bond acceptors (Lipinski definition) is 2. The Morgan fingerprint density at radius 3 is 2.44 bits per heavy atom. The minimum atomic E-state index is 0. The number of hydrogen-bond donors (Lipinski definition) is 1. The van der Waals surface area contributed by atoms with Crippen molar-refractivity contribution in [2.24, 2.45) is 11.3 Å². The van der Waals surface area contributed by atoms with Gasteiger partial charge in [-0.2, -0.15) is 0 Å². The number of carbonyl (C=O) groups is 1. The van der Waals surface area contributed by atoms with E-state index in [1.54, 1.807) is 0 Å². The van der Waals surface area contributed by atoms with Gasteiger partial charge in [0.25, 0.3) is 0 Å². The Kier molecular flexibility index (Phi) is 5.77. The molecule has 4 heteroatoms. The molecule has 1 amide bonds. The molecule has 0 spiro atoms. The first kappa shape index (κ1) is 15.7. The van der Waals surface area contributed by atoms with Crippen molar-refractivity contribution in [3.8, 4) is 0 Å². The summed E-state index contributed by atoms with van der Waals surface area (Å²) >= 11 is 0. The van der Waals surface area contributed by atoms with Gasteiger partial charge in [-0.1, -0.05) is 27.7 Å². The van der Waals surface area contributed by atoms with Gasteiger partial charge in [-0.25, -0.2) is 0 Å². The summed E-state index contributed by atoms with van der Waals surface area (Å²) < 4.78 is 0. The van der Waals surface area contributed by atoms with Crippen LogP contribution in [0.4, 0.5) is 0 Å². The number of halogens is 1. The van der Waals surface area contributed by atoms with Crippen LogP contribution in [0.15, 0.2) is 0 Å². The van der Waals surface area contributed by atoms with Crippen LogP contribution in [0.25, 0.3) is 0 Å². The highest BCUT2D eigenvalue weighted by Gasteiger charge is 2.31. The van der Waals surface area contributed by atoms with Crippen molar-refractivity contribution in [3.63, 3.8) is 0 Å². The number of amides is 1. The first-order valence-corrected chi connectivity index (χ1v) is 5.84. The minimum Gasteiger partial charge on any atom is -0.340 e. The van der Waals surface area contributed by atoms with Gasteiger partial charge in [0, 0.05) is 31.6 Å². The van der Waals surface area contributed by atoms with Crippen LogP contribution in [-0.2, 0) is 4.79 Å². The van der Waals surface area contributed by atoms with Crippen LogP contribution >= 0.6 is 12.4 Å². The Morgan fingerprint density at radius 2 is 2.00 bits per heavy atom. The van der Waals surface area contributed by atoms with Gasteiger partial charge in [-0.3, -0.25) is 4.79 Å². The molecular formula is C12H25ClN2O. The lowest BCUT2D eigenvalue weighted by Gasteiger charge is -2.37. The molecule has 0 aromatic carbocycles. The number of piperazine rings is 1. The van der Waals surface area contributed by atoms with E-state index in [0.29, 0.717) is 11.9 Å². The van der Waals surface area contributed by atoms with Crippen molar-refractivity contribution in [1.29, 1.82) is 0 Å². The average molecular weight is 249 g/mol. The molecule has 0 saturated carbocycles. The quantitative estimate of drug-likeness (QED) is 0.769. The van der Waals surface area contributed by atoms with Crippen molar-refractivity contribution >= 4 is 18.3 Å². The second kappa shape index (κ2) is 5.87. The Labute approximate surface area is 105 Å². The van der Waals surface area contributed by atoms with Crippen molar-refractivity contribution in [2.45, 2.75) is 40.7 Å². The van der Waals surface area contributed by atoms with Gasteiger partial charge in [-0.15, -0.1) is 12.4 Å². The van der Waals surface area contributed by atoms with E-state index >= 15 is 0 Å². The lowest BCUT2D eigenvalue weighted by atomic mass is 9.81. The molecule has 96 valence electrons. The third kappa shape index (κ3) is 3.95. The number of nitrogens with zero attached hydrogens (tertiary/aromatic N) is 1. The van der Waals surface area contributed by atoms with E-state index in [-0.39, 0.29) is 23.7 Å². The van der Waals surface area contributed by atoms with Crippen LogP contribution in [0.2, 0.25) is 0 Å². The monoisotopic (exact) mass is 248 g/mol. The highest BCUT2D eigenvalue weighted by Crippen LogP contribution is 2.27. The fourth-order valence-corrected chi connectivity index (χ4v) is 1.78. The van der Waals surface area contributed by atoms with Crippen LogP contribution in [0.3, 0.4) is 0 Å². The Hall–Kier alpha value is -0.280. The van der Waals surface area contributed by atoms with Crippen LogP contribution in [-0.4, -0.2) is 36.5 Å². The van der Waals surface area contributed by atoms with Gasteiger partial charge in [-0.05, 0) is 12.3 Å². The van der Waals surface area contributed by atoms with Gasteiger partial charge in [0.1, 0.15) is 0 Å². The lowest BCUT2D eigenvalue weighted by molar-refractivity contribution is -0.139. The highest BCUT2D eigenvalue weighted by atomic mass is 35.5. The van der Waals surface area contributed by atoms with E-state index in [0.717, 1.165) is 19.6 Å². The average Bonchev–Trinajstić information content (AvgIpc) is 2.14. The van der Waals surface area contributed by atoms with E-state index in [1.807, 2.05) is 11.8 Å². The molecule has 1 saturated heterocycles. The zero-order chi connectivity index (χ0) is 11.6. The van der Waals surface area contributed by atoms with Crippen LogP contribution in [0, 0.1) is 11.3 Å². The summed E-state index contributed by atoms with van der Waals surface area (Å²) in [5, 5.41) is 3.35. The van der Waals surface area contributed by atoms with E-state index in [4.69, 9.17) is 0 Å². The minimum absolute atomic E-state index is 0. The van der Waals surface area contributed by atoms with Gasteiger partial charge < -0.3 is 10.2 Å². The molecule has 0 bridgehead atoms. The first-order chi connectivity index (χ1) is 6.82. The topological polar surface area (TPSA) is 32.3 Å². The Balaban J connectivity index is 0.00000225. The third-order valence-corrected chi connectivity index (χ3v) is 3.35. The molecule has 1 unspecified atom stereocenters. The normalized spacial score (nSPS) is 23.6. The SMILES string of the molecule is CC(C(=O)N1CCN[C@@H](C)C1)C(C)(C)C.Cl. The summed E-state index contributed by atoms with van der Waals surface area (Å²) in [5.41, 5.74) is 0.0607. The van der Waals surface area contributed by atoms with Crippen LogP contribution in [0.1, 0.15) is 34.6 Å². The molecule has 1 heterocycles. The van der Waals surface area contributed by atoms with Crippen molar-refractivity contribution < 1.29 is 4.79 Å². The molecule has 3 nitrogen and oxygen atoms in total. The van der Waals surface area contributed by atoms with E-state index in [2.05, 4.69) is 33.0 Å². The fraction of sp³-hybridized carbons (Fsp3) is 0.917. The molecule has 16 heavy (non-hydrogen) atoms. The van der Waals surface area contributed by atoms with Gasteiger partial charge in [0.2, 0.25) is 5.91 Å². The Bertz CT molecular complexity index is 238. The molecule has 0 aliphatic carbocycles. The molecule has 1 aliphatic heterocycles. The van der Waals surface area contributed by atoms with Crippen LogP contribution < -0.4 is 5.32 Å². The van der Waals surface area contributed by atoms with Crippen molar-refractivity contribution in [2.75, 3.05) is 19.6 Å². The predicted octanol–water partition coefficient (Wildman–Crippen LogP) is 1.91. The molecular weight excluding hydrogens is 224 g/mol. The summed E-state index contributed by atoms with van der Waals surface area (Å²) in [4.78, 5) is 14.2. The van der Waals surface area contributed by atoms with Gasteiger partial charge >= 0.3 is 0 Å². The maximum atomic E-state index is 12.2. The van der Waals surface area contributed by atoms with Gasteiger partial charge in [0.15, 0.2) is 0 Å². The summed E-state index contributed by atoms with van der Waals surface area (Å²) in [7, 11) is 0. The zero-order valence-electron chi connectivity index (χ0n) is 11.0. The first-order valence-electron chi connectivity index (χ1n) is 5.84. The lowest BCUT2D eigenvalue weighted by Crippen LogP contribution is -2.53. The maximum Gasteiger partial charge on any atom is 0.226 e. The second-order valence-electron chi connectivity index (χ2n) is 5.73. The molecule has 1 rings (SSSR count). The largest absolute Gasteiger partial charge is 0.340 e. The summed E-state index contributed by atoms with van der Waals surface area (Å²) in [6.07, 6.45) is 0. The summed E-state index contributed by atoms with van der Waals surface area (Å²) in [6, 6.07) is 0.426.